The van der Waals surface area contributed by atoms with Gasteiger partial charge in [-0.05, 0) is 55.3 Å². The van der Waals surface area contributed by atoms with E-state index in [1.54, 1.807) is 25.5 Å². The van der Waals surface area contributed by atoms with Crippen LogP contribution in [0, 0.1) is 0 Å². The van der Waals surface area contributed by atoms with Crippen molar-refractivity contribution in [1.29, 1.82) is 0 Å². The highest BCUT2D eigenvalue weighted by Gasteiger charge is 2.33. The van der Waals surface area contributed by atoms with Crippen LogP contribution in [-0.4, -0.2) is 28.8 Å². The van der Waals surface area contributed by atoms with Crippen LogP contribution in [0.2, 0.25) is 0 Å². The molecule has 3 heterocycles. The van der Waals surface area contributed by atoms with Crippen LogP contribution >= 0.6 is 11.3 Å². The number of esters is 1. The second-order valence-electron chi connectivity index (χ2n) is 9.78. The van der Waals surface area contributed by atoms with Crippen molar-refractivity contribution >= 4 is 34.3 Å². The fraction of sp³-hybridized carbons (Fsp3) is 0.182. The van der Waals surface area contributed by atoms with Gasteiger partial charge in [-0.3, -0.25) is 9.36 Å². The maximum atomic E-state index is 14.1. The van der Waals surface area contributed by atoms with E-state index in [-0.39, 0.29) is 12.2 Å². The van der Waals surface area contributed by atoms with Crippen LogP contribution in [0.25, 0.3) is 17.0 Å². The zero-order chi connectivity index (χ0) is 28.5. The molecule has 0 aliphatic carbocycles. The van der Waals surface area contributed by atoms with Gasteiger partial charge < -0.3 is 14.0 Å². The van der Waals surface area contributed by atoms with E-state index in [1.807, 2.05) is 60.7 Å². The van der Waals surface area contributed by atoms with Crippen molar-refractivity contribution in [3.05, 3.63) is 133 Å². The minimum absolute atomic E-state index is 0.208. The third-order valence-electron chi connectivity index (χ3n) is 7.25. The predicted molar refractivity (Wildman–Crippen MR) is 161 cm³/mol. The van der Waals surface area contributed by atoms with Crippen LogP contribution in [0.1, 0.15) is 36.7 Å². The summed E-state index contributed by atoms with van der Waals surface area (Å²) in [5, 5.41) is 1.10. The van der Waals surface area contributed by atoms with Gasteiger partial charge in [-0.1, -0.05) is 72.0 Å². The standard InChI is InChI=1S/C33H29N3O4S/c1-4-40-32(38)29-21(2)34-33-36(30(29)23-14-16-26(39-3)17-15-23)31(37)28(41-33)19-25-18-24-12-8-9-13-27(24)35(25)20-22-10-6-5-7-11-22/h5-19,30H,4,20H2,1-3H3/b28-19+. The SMILES string of the molecule is CCOC(=O)C1=C(C)N=c2s/c(=C/c3cc4ccccc4n3Cc3ccccc3)c(=O)n2C1c1ccc(OC)cc1. The number of carbonyl (C=O) groups excluding carboxylic acids is 1. The number of carbonyl (C=O) groups is 1. The van der Waals surface area contributed by atoms with Crippen LogP contribution in [0.4, 0.5) is 0 Å². The maximum absolute atomic E-state index is 14.1. The van der Waals surface area contributed by atoms with Gasteiger partial charge in [0.1, 0.15) is 5.75 Å². The number of hydrogen-bond donors (Lipinski definition) is 0. The zero-order valence-corrected chi connectivity index (χ0v) is 23.9. The van der Waals surface area contributed by atoms with E-state index in [9.17, 15) is 9.59 Å². The Labute approximate surface area is 240 Å². The Kier molecular flexibility index (Phi) is 7.15. The summed E-state index contributed by atoms with van der Waals surface area (Å²) in [6, 6.07) is 27.3. The lowest BCUT2D eigenvalue weighted by molar-refractivity contribution is -0.139. The minimum atomic E-state index is -0.673. The summed E-state index contributed by atoms with van der Waals surface area (Å²) in [5.41, 5.74) is 4.63. The number of hydrogen-bond acceptors (Lipinski definition) is 6. The summed E-state index contributed by atoms with van der Waals surface area (Å²) in [6.45, 7) is 4.44. The lowest BCUT2D eigenvalue weighted by Gasteiger charge is -2.24. The average molecular weight is 564 g/mol. The topological polar surface area (TPSA) is 74.8 Å². The third kappa shape index (κ3) is 4.91. The Hall–Kier alpha value is -4.69. The number of rotatable bonds is 7. The summed E-state index contributed by atoms with van der Waals surface area (Å²) in [5.74, 6) is 0.206. The molecule has 6 rings (SSSR count). The number of ether oxygens (including phenoxy) is 2. The van der Waals surface area contributed by atoms with Gasteiger partial charge in [0.2, 0.25) is 0 Å². The average Bonchev–Trinajstić information content (AvgIpc) is 3.49. The molecule has 0 bridgehead atoms. The maximum Gasteiger partial charge on any atom is 0.338 e. The fourth-order valence-electron chi connectivity index (χ4n) is 5.32. The van der Waals surface area contributed by atoms with Crippen molar-refractivity contribution in [3.63, 3.8) is 0 Å². The molecule has 8 heteroatoms. The molecule has 7 nitrogen and oxygen atoms in total. The van der Waals surface area contributed by atoms with E-state index in [1.165, 1.54) is 16.9 Å². The van der Waals surface area contributed by atoms with E-state index >= 15 is 0 Å². The van der Waals surface area contributed by atoms with Gasteiger partial charge in [-0.2, -0.15) is 0 Å². The molecule has 0 amide bonds. The van der Waals surface area contributed by atoms with Crippen LogP contribution in [0.15, 0.2) is 106 Å². The Morgan fingerprint density at radius 2 is 1.76 bits per heavy atom. The lowest BCUT2D eigenvalue weighted by atomic mass is 9.96. The highest BCUT2D eigenvalue weighted by Crippen LogP contribution is 2.31. The van der Waals surface area contributed by atoms with Gasteiger partial charge in [0.05, 0.1) is 35.6 Å². The molecule has 0 saturated carbocycles. The first-order chi connectivity index (χ1) is 20.0. The summed E-state index contributed by atoms with van der Waals surface area (Å²) < 4.78 is 15.1. The first-order valence-corrected chi connectivity index (χ1v) is 14.3. The van der Waals surface area contributed by atoms with E-state index in [2.05, 4.69) is 34.9 Å². The molecule has 1 unspecified atom stereocenters. The van der Waals surface area contributed by atoms with Crippen LogP contribution in [-0.2, 0) is 16.1 Å². The number of para-hydroxylation sites is 1. The molecular weight excluding hydrogens is 534 g/mol. The second-order valence-corrected chi connectivity index (χ2v) is 10.8. The second kappa shape index (κ2) is 11.1. The first-order valence-electron chi connectivity index (χ1n) is 13.4. The molecule has 0 radical (unpaired) electrons. The molecule has 0 saturated heterocycles. The van der Waals surface area contributed by atoms with Crippen molar-refractivity contribution in [1.82, 2.24) is 9.13 Å². The van der Waals surface area contributed by atoms with Crippen molar-refractivity contribution in [2.45, 2.75) is 26.4 Å². The summed E-state index contributed by atoms with van der Waals surface area (Å²) in [6.07, 6.45) is 1.93. The Balaban J connectivity index is 1.54. The van der Waals surface area contributed by atoms with Crippen molar-refractivity contribution < 1.29 is 14.3 Å². The van der Waals surface area contributed by atoms with Crippen LogP contribution in [0.5, 0.6) is 5.75 Å². The fourth-order valence-corrected chi connectivity index (χ4v) is 6.35. The number of aromatic nitrogens is 2. The van der Waals surface area contributed by atoms with Gasteiger partial charge in [0, 0.05) is 23.1 Å². The number of thiazole rings is 1. The molecule has 206 valence electrons. The Bertz CT molecular complexity index is 1960. The van der Waals surface area contributed by atoms with Gasteiger partial charge in [-0.25, -0.2) is 9.79 Å². The Morgan fingerprint density at radius 1 is 1.02 bits per heavy atom. The van der Waals surface area contributed by atoms with Crippen LogP contribution in [0.3, 0.4) is 0 Å². The van der Waals surface area contributed by atoms with E-state index in [0.717, 1.165) is 22.2 Å². The third-order valence-corrected chi connectivity index (χ3v) is 8.24. The Morgan fingerprint density at radius 3 is 2.49 bits per heavy atom. The smallest absolute Gasteiger partial charge is 0.338 e. The van der Waals surface area contributed by atoms with E-state index in [4.69, 9.17) is 14.5 Å². The van der Waals surface area contributed by atoms with Gasteiger partial charge in [0.25, 0.3) is 5.56 Å². The molecule has 2 aromatic heterocycles. The van der Waals surface area contributed by atoms with Gasteiger partial charge in [0.15, 0.2) is 4.80 Å². The van der Waals surface area contributed by atoms with Crippen molar-refractivity contribution in [2.24, 2.45) is 4.99 Å². The number of fused-ring (bicyclic) bond motifs is 2. The molecule has 1 aliphatic rings. The zero-order valence-electron chi connectivity index (χ0n) is 23.0. The number of allylic oxidation sites excluding steroid dienone is 1. The van der Waals surface area contributed by atoms with Gasteiger partial charge in [-0.15, -0.1) is 0 Å². The lowest BCUT2D eigenvalue weighted by Crippen LogP contribution is -2.40. The normalized spacial score (nSPS) is 15.1. The summed E-state index contributed by atoms with van der Waals surface area (Å²) in [4.78, 5) is 32.5. The quantitative estimate of drug-likeness (QED) is 0.267. The highest BCUT2D eigenvalue weighted by atomic mass is 32.1. The molecular formula is C33H29N3O4S. The molecule has 1 atom stereocenters. The van der Waals surface area contributed by atoms with E-state index < -0.39 is 12.0 Å². The van der Waals surface area contributed by atoms with Gasteiger partial charge >= 0.3 is 5.97 Å². The highest BCUT2D eigenvalue weighted by molar-refractivity contribution is 7.07. The summed E-state index contributed by atoms with van der Waals surface area (Å²) in [7, 11) is 1.60. The molecule has 1 aliphatic heterocycles. The molecule has 0 spiro atoms. The monoisotopic (exact) mass is 563 g/mol. The number of benzene rings is 3. The number of methoxy groups -OCH3 is 1. The molecule has 5 aromatic rings. The van der Waals surface area contributed by atoms with Crippen molar-refractivity contribution in [3.8, 4) is 5.75 Å². The van der Waals surface area contributed by atoms with E-state index in [0.29, 0.717) is 32.9 Å². The van der Waals surface area contributed by atoms with Crippen molar-refractivity contribution in [2.75, 3.05) is 13.7 Å². The number of nitrogens with zero attached hydrogens (tertiary/aromatic N) is 3. The molecule has 41 heavy (non-hydrogen) atoms. The minimum Gasteiger partial charge on any atom is -0.497 e. The first kappa shape index (κ1) is 26.5. The molecule has 0 fully saturated rings. The summed E-state index contributed by atoms with van der Waals surface area (Å²) >= 11 is 1.32. The van der Waals surface area contributed by atoms with Crippen LogP contribution < -0.4 is 19.6 Å². The predicted octanol–water partition coefficient (Wildman–Crippen LogP) is 4.81. The molecule has 0 N–H and O–H groups in total. The molecule has 3 aromatic carbocycles. The largest absolute Gasteiger partial charge is 0.497 e.